The van der Waals surface area contributed by atoms with E-state index in [0.717, 1.165) is 42.4 Å². The quantitative estimate of drug-likeness (QED) is 0.246. The fourth-order valence-corrected chi connectivity index (χ4v) is 5.14. The summed E-state index contributed by atoms with van der Waals surface area (Å²) < 4.78 is 0. The van der Waals surface area contributed by atoms with Gasteiger partial charge in [0.05, 0.1) is 11.2 Å². The highest BCUT2D eigenvalue weighted by Crippen LogP contribution is 2.26. The van der Waals surface area contributed by atoms with Gasteiger partial charge in [-0.3, -0.25) is 14.5 Å². The molecule has 2 N–H and O–H groups in total. The standard InChI is InChI=1S/C31H29ClN4O3/c1-35(24-15-16-36(20-24)19-21-7-3-2-4-8-21)31(39)27-13-11-23(25-9-5-6-10-26(25)27)18-33-34-30(38)22-12-14-29(37)28(32)17-22/h2-14,17-18,24,37H,15-16,19-20H2,1H3,(H,34,38). The second kappa shape index (κ2) is 11.7. The lowest BCUT2D eigenvalue weighted by Gasteiger charge is -2.26. The predicted molar refractivity (Wildman–Crippen MR) is 154 cm³/mol. The van der Waals surface area contributed by atoms with Crippen LogP contribution in [-0.2, 0) is 6.54 Å². The number of nitrogens with one attached hydrogen (secondary N) is 1. The van der Waals surface area contributed by atoms with Gasteiger partial charge in [-0.15, -0.1) is 0 Å². The molecule has 0 bridgehead atoms. The van der Waals surface area contributed by atoms with Crippen molar-refractivity contribution in [2.45, 2.75) is 19.0 Å². The molecule has 1 unspecified atom stereocenters. The van der Waals surface area contributed by atoms with Gasteiger partial charge in [0.2, 0.25) is 0 Å². The van der Waals surface area contributed by atoms with Crippen LogP contribution in [0.15, 0.2) is 90.0 Å². The number of aromatic hydroxyl groups is 1. The molecule has 1 aliphatic heterocycles. The third kappa shape index (κ3) is 5.95. The molecule has 198 valence electrons. The molecule has 8 heteroatoms. The van der Waals surface area contributed by atoms with E-state index in [1.807, 2.05) is 54.4 Å². The average molecular weight is 541 g/mol. The van der Waals surface area contributed by atoms with E-state index in [0.29, 0.717) is 5.56 Å². The summed E-state index contributed by atoms with van der Waals surface area (Å²) in [6, 6.07) is 26.1. The topological polar surface area (TPSA) is 85.2 Å². The second-order valence-corrected chi connectivity index (χ2v) is 10.1. The van der Waals surface area contributed by atoms with Crippen molar-refractivity contribution in [3.05, 3.63) is 112 Å². The monoisotopic (exact) mass is 540 g/mol. The first kappa shape index (κ1) is 26.4. The summed E-state index contributed by atoms with van der Waals surface area (Å²) >= 11 is 5.90. The lowest BCUT2D eigenvalue weighted by Crippen LogP contribution is -2.39. The van der Waals surface area contributed by atoms with Crippen LogP contribution in [0, 0.1) is 0 Å². The van der Waals surface area contributed by atoms with Crippen LogP contribution in [0.25, 0.3) is 10.8 Å². The smallest absolute Gasteiger partial charge is 0.271 e. The van der Waals surface area contributed by atoms with E-state index in [-0.39, 0.29) is 28.3 Å². The number of rotatable bonds is 7. The number of carbonyl (C=O) groups excluding carboxylic acids is 2. The number of hydrogen-bond donors (Lipinski definition) is 2. The van der Waals surface area contributed by atoms with Crippen molar-refractivity contribution in [1.29, 1.82) is 0 Å². The van der Waals surface area contributed by atoms with Crippen LogP contribution in [0.4, 0.5) is 0 Å². The molecule has 7 nitrogen and oxygen atoms in total. The van der Waals surface area contributed by atoms with Gasteiger partial charge in [0, 0.05) is 49.4 Å². The van der Waals surface area contributed by atoms with Gasteiger partial charge in [0.1, 0.15) is 5.75 Å². The molecule has 0 saturated carbocycles. The third-order valence-electron chi connectivity index (χ3n) is 7.13. The van der Waals surface area contributed by atoms with Crippen molar-refractivity contribution in [2.75, 3.05) is 20.1 Å². The number of phenolic OH excluding ortho intramolecular Hbond substituents is 1. The maximum Gasteiger partial charge on any atom is 0.271 e. The van der Waals surface area contributed by atoms with Gasteiger partial charge >= 0.3 is 0 Å². The first-order chi connectivity index (χ1) is 18.9. The third-order valence-corrected chi connectivity index (χ3v) is 7.44. The number of hydrogen-bond acceptors (Lipinski definition) is 5. The van der Waals surface area contributed by atoms with Gasteiger partial charge in [-0.2, -0.15) is 5.10 Å². The molecule has 4 aromatic rings. The molecule has 0 spiro atoms. The van der Waals surface area contributed by atoms with Crippen molar-refractivity contribution in [1.82, 2.24) is 15.2 Å². The molecule has 1 saturated heterocycles. The SMILES string of the molecule is CN(C(=O)c1ccc(C=NNC(=O)c2ccc(O)c(Cl)c2)c2ccccc12)C1CCN(Cc2ccccc2)C1. The van der Waals surface area contributed by atoms with E-state index in [2.05, 4.69) is 39.7 Å². The van der Waals surface area contributed by atoms with Crippen LogP contribution < -0.4 is 5.43 Å². The number of fused-ring (bicyclic) bond motifs is 1. The van der Waals surface area contributed by atoms with Crippen molar-refractivity contribution < 1.29 is 14.7 Å². The lowest BCUT2D eigenvalue weighted by atomic mass is 9.99. The minimum Gasteiger partial charge on any atom is -0.506 e. The Kier molecular flexibility index (Phi) is 7.91. The van der Waals surface area contributed by atoms with Gasteiger partial charge in [-0.25, -0.2) is 5.43 Å². The molecule has 5 rings (SSSR count). The number of halogens is 1. The first-order valence-electron chi connectivity index (χ1n) is 12.8. The highest BCUT2D eigenvalue weighted by molar-refractivity contribution is 6.32. The first-order valence-corrected chi connectivity index (χ1v) is 13.2. The highest BCUT2D eigenvalue weighted by atomic mass is 35.5. The Labute approximate surface area is 232 Å². The van der Waals surface area contributed by atoms with Crippen molar-refractivity contribution in [2.24, 2.45) is 5.10 Å². The summed E-state index contributed by atoms with van der Waals surface area (Å²) in [5, 5.41) is 15.4. The Morgan fingerprint density at radius 2 is 1.79 bits per heavy atom. The fourth-order valence-electron chi connectivity index (χ4n) is 4.96. The normalized spacial score (nSPS) is 15.6. The Morgan fingerprint density at radius 3 is 2.56 bits per heavy atom. The molecular weight excluding hydrogens is 512 g/mol. The van der Waals surface area contributed by atoms with Crippen LogP contribution in [0.2, 0.25) is 5.02 Å². The Morgan fingerprint density at radius 1 is 1.05 bits per heavy atom. The summed E-state index contributed by atoms with van der Waals surface area (Å²) in [5.74, 6) is -0.566. The number of phenols is 1. The summed E-state index contributed by atoms with van der Waals surface area (Å²) in [6.07, 6.45) is 2.49. The molecule has 4 aromatic carbocycles. The van der Waals surface area contributed by atoms with Gasteiger partial charge in [0.15, 0.2) is 0 Å². The average Bonchev–Trinajstić information content (AvgIpc) is 3.42. The van der Waals surface area contributed by atoms with Crippen molar-refractivity contribution in [3.8, 4) is 5.75 Å². The number of benzene rings is 4. The number of likely N-dealkylation sites (tertiary alicyclic amines) is 1. The number of likely N-dealkylation sites (N-methyl/N-ethyl adjacent to an activating group) is 1. The van der Waals surface area contributed by atoms with Crippen LogP contribution in [0.5, 0.6) is 5.75 Å². The van der Waals surface area contributed by atoms with Crippen LogP contribution in [-0.4, -0.2) is 59.1 Å². The summed E-state index contributed by atoms with van der Waals surface area (Å²) in [7, 11) is 1.88. The summed E-state index contributed by atoms with van der Waals surface area (Å²) in [6.45, 7) is 2.67. The minimum atomic E-state index is -0.455. The zero-order chi connectivity index (χ0) is 27.4. The largest absolute Gasteiger partial charge is 0.506 e. The van der Waals surface area contributed by atoms with Gasteiger partial charge in [-0.1, -0.05) is 72.3 Å². The van der Waals surface area contributed by atoms with E-state index in [9.17, 15) is 14.7 Å². The van der Waals surface area contributed by atoms with Crippen molar-refractivity contribution >= 4 is 40.4 Å². The maximum atomic E-state index is 13.6. The molecule has 1 heterocycles. The molecular formula is C31H29ClN4O3. The van der Waals surface area contributed by atoms with Gasteiger partial charge in [-0.05, 0) is 47.0 Å². The fraction of sp³-hybridized carbons (Fsp3) is 0.194. The molecule has 0 aromatic heterocycles. The van der Waals surface area contributed by atoms with E-state index in [1.165, 1.54) is 23.8 Å². The molecule has 2 amide bonds. The van der Waals surface area contributed by atoms with E-state index >= 15 is 0 Å². The molecule has 0 radical (unpaired) electrons. The summed E-state index contributed by atoms with van der Waals surface area (Å²) in [5.41, 5.74) is 5.44. The maximum absolute atomic E-state index is 13.6. The number of amides is 2. The highest BCUT2D eigenvalue weighted by Gasteiger charge is 2.29. The Balaban J connectivity index is 1.29. The van der Waals surface area contributed by atoms with Crippen LogP contribution in [0.1, 0.15) is 38.3 Å². The van der Waals surface area contributed by atoms with Crippen molar-refractivity contribution in [3.63, 3.8) is 0 Å². The molecule has 0 aliphatic carbocycles. The lowest BCUT2D eigenvalue weighted by molar-refractivity contribution is 0.0736. The number of hydrazone groups is 1. The zero-order valence-corrected chi connectivity index (χ0v) is 22.3. The molecule has 1 aliphatic rings. The molecule has 1 atom stereocenters. The van der Waals surface area contributed by atoms with Gasteiger partial charge in [0.25, 0.3) is 11.8 Å². The van der Waals surface area contributed by atoms with Crippen LogP contribution in [0.3, 0.4) is 0 Å². The Hall–Kier alpha value is -4.20. The molecule has 39 heavy (non-hydrogen) atoms. The van der Waals surface area contributed by atoms with E-state index in [1.54, 1.807) is 6.21 Å². The Bertz CT molecular complexity index is 1540. The van der Waals surface area contributed by atoms with E-state index < -0.39 is 5.91 Å². The van der Waals surface area contributed by atoms with E-state index in [4.69, 9.17) is 11.6 Å². The van der Waals surface area contributed by atoms with Gasteiger partial charge < -0.3 is 10.0 Å². The minimum absolute atomic E-state index is 0.0150. The number of nitrogens with zero attached hydrogens (tertiary/aromatic N) is 3. The second-order valence-electron chi connectivity index (χ2n) is 9.69. The number of carbonyl (C=O) groups is 2. The summed E-state index contributed by atoms with van der Waals surface area (Å²) in [4.78, 5) is 30.3. The zero-order valence-electron chi connectivity index (χ0n) is 21.5. The van der Waals surface area contributed by atoms with Crippen LogP contribution >= 0.6 is 11.6 Å². The molecule has 1 fully saturated rings. The predicted octanol–water partition coefficient (Wildman–Crippen LogP) is 5.31.